The van der Waals surface area contributed by atoms with E-state index in [0.29, 0.717) is 52.6 Å². The lowest BCUT2D eigenvalue weighted by molar-refractivity contribution is -0.143. The third-order valence-electron chi connectivity index (χ3n) is 7.94. The number of likely N-dealkylation sites (tertiary alicyclic amines) is 1. The van der Waals surface area contributed by atoms with Crippen molar-refractivity contribution in [3.8, 4) is 17.3 Å². The van der Waals surface area contributed by atoms with Gasteiger partial charge in [-0.15, -0.1) is 5.10 Å². The first kappa shape index (κ1) is 24.4. The zero-order chi connectivity index (χ0) is 27.0. The van der Waals surface area contributed by atoms with Crippen LogP contribution in [0, 0.1) is 34.9 Å². The van der Waals surface area contributed by atoms with Crippen LogP contribution in [0.25, 0.3) is 16.2 Å². The van der Waals surface area contributed by atoms with E-state index in [1.165, 1.54) is 34.8 Å². The van der Waals surface area contributed by atoms with E-state index in [0.717, 1.165) is 34.7 Å². The van der Waals surface area contributed by atoms with Gasteiger partial charge in [0.25, 0.3) is 0 Å². The predicted octanol–water partition coefficient (Wildman–Crippen LogP) is 3.14. The third kappa shape index (κ3) is 3.89. The molecule has 2 saturated heterocycles. The molecule has 7 rings (SSSR count). The number of thiazole rings is 1. The Kier molecular flexibility index (Phi) is 5.62. The number of anilines is 3. The van der Waals surface area contributed by atoms with E-state index >= 15 is 0 Å². The molecule has 4 aromatic rings. The van der Waals surface area contributed by atoms with Crippen LogP contribution in [-0.2, 0) is 11.2 Å². The van der Waals surface area contributed by atoms with Crippen LogP contribution < -0.4 is 9.80 Å². The molecule has 1 aliphatic carbocycles. The maximum absolute atomic E-state index is 13.5. The maximum atomic E-state index is 13.5. The fourth-order valence-corrected chi connectivity index (χ4v) is 7.57. The van der Waals surface area contributed by atoms with Crippen LogP contribution in [0.15, 0.2) is 24.3 Å². The topological polar surface area (TPSA) is 114 Å². The Labute approximate surface area is 231 Å². The first-order valence-corrected chi connectivity index (χ1v) is 14.5. The van der Waals surface area contributed by atoms with Gasteiger partial charge >= 0.3 is 0 Å². The van der Waals surface area contributed by atoms with Gasteiger partial charge in [0, 0.05) is 44.7 Å². The number of carbonyl (C=O) groups excluding carboxylic acids is 1. The number of hydrogen-bond donors (Lipinski definition) is 1. The number of piperidine rings is 1. The van der Waals surface area contributed by atoms with Gasteiger partial charge in [0.05, 0.1) is 11.8 Å². The minimum absolute atomic E-state index is 0.0701. The van der Waals surface area contributed by atoms with E-state index in [-0.39, 0.29) is 23.7 Å². The lowest BCUT2D eigenvalue weighted by atomic mass is 10.1. The number of benzene rings is 1. The molecule has 3 aliphatic rings. The number of aliphatic hydroxyl groups is 1. The minimum Gasteiger partial charge on any atom is -0.389 e. The van der Waals surface area contributed by atoms with Gasteiger partial charge in [-0.3, -0.25) is 4.79 Å². The largest absolute Gasteiger partial charge is 0.389 e. The second-order valence-electron chi connectivity index (χ2n) is 10.3. The average Bonchev–Trinajstić information content (AvgIpc) is 3.41. The fraction of sp³-hybridized carbons (Fsp3) is 0.423. The number of β-amino-alcohol motifs (C(OH)–C–C–N with tert-alkyl or cyclic N) is 1. The first-order chi connectivity index (χ1) is 18.9. The number of aryl methyl sites for hydroxylation is 1. The second kappa shape index (κ2) is 8.97. The minimum atomic E-state index is -0.374. The van der Waals surface area contributed by atoms with Gasteiger partial charge in [-0.1, -0.05) is 29.6 Å². The fourth-order valence-electron chi connectivity index (χ4n) is 5.79. The molecule has 3 aromatic heterocycles. The van der Waals surface area contributed by atoms with Crippen molar-refractivity contribution >= 4 is 49.6 Å². The summed E-state index contributed by atoms with van der Waals surface area (Å²) in [6.07, 6.45) is 0.330. The van der Waals surface area contributed by atoms with E-state index in [9.17, 15) is 19.6 Å². The highest BCUT2D eigenvalue weighted by atomic mass is 32.1. The Morgan fingerprint density at radius 2 is 1.90 bits per heavy atom. The Morgan fingerprint density at radius 1 is 1.18 bits per heavy atom. The van der Waals surface area contributed by atoms with Crippen molar-refractivity contribution in [2.75, 3.05) is 43.0 Å². The third-order valence-corrected chi connectivity index (χ3v) is 9.94. The van der Waals surface area contributed by atoms with Gasteiger partial charge in [-0.25, -0.2) is 14.4 Å². The normalized spacial score (nSPS) is 22.2. The molecule has 200 valence electrons. The second-order valence-corrected chi connectivity index (χ2v) is 12.2. The average molecular weight is 565 g/mol. The van der Waals surface area contributed by atoms with Gasteiger partial charge in [0.1, 0.15) is 22.5 Å². The molecule has 10 nitrogen and oxygen atoms in total. The molecule has 1 amide bonds. The maximum Gasteiger partial charge on any atom is 0.226 e. The molecule has 13 heteroatoms. The number of aliphatic hydroxyl groups excluding tert-OH is 1. The van der Waals surface area contributed by atoms with Crippen molar-refractivity contribution < 1.29 is 14.3 Å². The standard InChI is InChI=1S/C26H25FN8O2S2/c1-3-18-22(32(2)24-30-21(19(8-28)38-24)13-4-6-14(27)7-5-13)35-25(29-18)39-26(31-35)34-11-16-17(12-34)20(16)23(37)33-9-15(36)10-33/h4-7,15-17,20,36H,3,9-12H2,1-2H3. The van der Waals surface area contributed by atoms with Crippen molar-refractivity contribution in [3.63, 3.8) is 0 Å². The van der Waals surface area contributed by atoms with Crippen molar-refractivity contribution in [3.05, 3.63) is 40.7 Å². The highest BCUT2D eigenvalue weighted by molar-refractivity contribution is 7.20. The number of amides is 1. The number of imidazole rings is 1. The van der Waals surface area contributed by atoms with Crippen molar-refractivity contribution in [2.45, 2.75) is 19.4 Å². The number of rotatable bonds is 6. The van der Waals surface area contributed by atoms with E-state index in [1.807, 2.05) is 23.4 Å². The van der Waals surface area contributed by atoms with Crippen LogP contribution in [0.2, 0.25) is 0 Å². The lowest BCUT2D eigenvalue weighted by Gasteiger charge is -2.36. The highest BCUT2D eigenvalue weighted by Gasteiger charge is 2.61. The van der Waals surface area contributed by atoms with Crippen LogP contribution >= 0.6 is 22.7 Å². The molecule has 2 aliphatic heterocycles. The molecule has 2 atom stereocenters. The summed E-state index contributed by atoms with van der Waals surface area (Å²) in [7, 11) is 1.89. The molecule has 1 N–H and O–H groups in total. The molecular formula is C26H25FN8O2S2. The number of nitriles is 1. The SMILES string of the molecule is CCc1nc2sc(N3CC4C(C3)C4C(=O)N3CC(O)C3)nn2c1N(C)c1nc(-c2ccc(F)cc2)c(C#N)s1. The highest BCUT2D eigenvalue weighted by Crippen LogP contribution is 2.54. The van der Waals surface area contributed by atoms with Crippen molar-refractivity contribution in [2.24, 2.45) is 17.8 Å². The molecule has 2 unspecified atom stereocenters. The molecule has 39 heavy (non-hydrogen) atoms. The number of fused-ring (bicyclic) bond motifs is 2. The van der Waals surface area contributed by atoms with Gasteiger partial charge in [0.15, 0.2) is 10.9 Å². The molecule has 0 radical (unpaired) electrons. The smallest absolute Gasteiger partial charge is 0.226 e. The van der Waals surface area contributed by atoms with Crippen molar-refractivity contribution in [1.29, 1.82) is 5.26 Å². The Balaban J connectivity index is 1.14. The molecule has 1 saturated carbocycles. The predicted molar refractivity (Wildman–Crippen MR) is 146 cm³/mol. The molecule has 5 heterocycles. The molecule has 0 spiro atoms. The number of nitrogens with zero attached hydrogens (tertiary/aromatic N) is 8. The number of halogens is 1. The van der Waals surface area contributed by atoms with Crippen LogP contribution in [0.1, 0.15) is 17.5 Å². The number of hydrogen-bond acceptors (Lipinski definition) is 10. The number of carbonyl (C=O) groups is 1. The van der Waals surface area contributed by atoms with Gasteiger partial charge in [0.2, 0.25) is 16.0 Å². The van der Waals surface area contributed by atoms with E-state index < -0.39 is 0 Å². The van der Waals surface area contributed by atoms with Crippen LogP contribution in [0.5, 0.6) is 0 Å². The van der Waals surface area contributed by atoms with Gasteiger partial charge in [-0.2, -0.15) is 9.78 Å². The Bertz CT molecular complexity index is 1620. The van der Waals surface area contributed by atoms with Crippen LogP contribution in [0.4, 0.5) is 20.5 Å². The summed E-state index contributed by atoms with van der Waals surface area (Å²) in [6.45, 7) is 4.54. The Morgan fingerprint density at radius 3 is 2.54 bits per heavy atom. The zero-order valence-corrected chi connectivity index (χ0v) is 22.9. The summed E-state index contributed by atoms with van der Waals surface area (Å²) in [5.41, 5.74) is 2.09. The Hall–Kier alpha value is -3.60. The number of aromatic nitrogens is 4. The quantitative estimate of drug-likeness (QED) is 0.380. The first-order valence-electron chi connectivity index (χ1n) is 12.9. The summed E-state index contributed by atoms with van der Waals surface area (Å²) in [5, 5.41) is 25.7. The van der Waals surface area contributed by atoms with Crippen LogP contribution in [0.3, 0.4) is 0 Å². The van der Waals surface area contributed by atoms with Crippen LogP contribution in [-0.4, -0.2) is 74.8 Å². The van der Waals surface area contributed by atoms with Crippen molar-refractivity contribution in [1.82, 2.24) is 24.5 Å². The summed E-state index contributed by atoms with van der Waals surface area (Å²) < 4.78 is 15.3. The molecule has 1 aromatic carbocycles. The summed E-state index contributed by atoms with van der Waals surface area (Å²) in [6, 6.07) is 8.20. The van der Waals surface area contributed by atoms with E-state index in [4.69, 9.17) is 15.1 Å². The molecule has 0 bridgehead atoms. The summed E-state index contributed by atoms with van der Waals surface area (Å²) in [5.74, 6) is 1.38. The molecule has 3 fully saturated rings. The zero-order valence-electron chi connectivity index (χ0n) is 21.3. The summed E-state index contributed by atoms with van der Waals surface area (Å²) in [4.78, 5) is 29.4. The molecular weight excluding hydrogens is 539 g/mol. The van der Waals surface area contributed by atoms with E-state index in [2.05, 4.69) is 11.0 Å². The van der Waals surface area contributed by atoms with E-state index in [1.54, 1.807) is 17.0 Å². The van der Waals surface area contributed by atoms with Gasteiger partial charge < -0.3 is 19.8 Å². The monoisotopic (exact) mass is 564 g/mol. The lowest BCUT2D eigenvalue weighted by Crippen LogP contribution is -2.54. The van der Waals surface area contributed by atoms with Gasteiger partial charge in [-0.05, 0) is 42.5 Å². The summed E-state index contributed by atoms with van der Waals surface area (Å²) >= 11 is 2.80.